The van der Waals surface area contributed by atoms with Crippen LogP contribution in [0, 0.1) is 10.1 Å². The number of nitro groups is 1. The Hall–Kier alpha value is -3.01. The normalized spacial score (nSPS) is 19.3. The molecule has 2 heterocycles. The molecule has 1 amide bonds. The molecule has 1 aliphatic rings. The summed E-state index contributed by atoms with van der Waals surface area (Å²) in [6, 6.07) is 11.4. The molecule has 10 heteroatoms. The molecule has 1 aliphatic heterocycles. The fourth-order valence-electron chi connectivity index (χ4n) is 3.76. The summed E-state index contributed by atoms with van der Waals surface area (Å²) in [5.41, 5.74) is 2.03. The van der Waals surface area contributed by atoms with Crippen molar-refractivity contribution in [2.24, 2.45) is 0 Å². The van der Waals surface area contributed by atoms with Gasteiger partial charge in [0.2, 0.25) is 5.91 Å². The Kier molecular flexibility index (Phi) is 5.67. The number of aliphatic hydroxyl groups excluding tert-OH is 1. The lowest BCUT2D eigenvalue weighted by atomic mass is 10.1. The van der Waals surface area contributed by atoms with Crippen molar-refractivity contribution in [3.8, 4) is 0 Å². The number of halogens is 1. The molecular formula is C20H20ClN5O4. The third-order valence-corrected chi connectivity index (χ3v) is 5.41. The summed E-state index contributed by atoms with van der Waals surface area (Å²) in [5, 5.41) is 24.6. The van der Waals surface area contributed by atoms with Crippen LogP contribution in [0.4, 0.5) is 5.69 Å². The first-order valence-electron chi connectivity index (χ1n) is 9.47. The number of nitro benzene ring substituents is 1. The first kappa shape index (κ1) is 20.3. The number of aromatic nitrogens is 2. The number of nitrogens with one attached hydrogen (secondary N) is 2. The zero-order valence-electron chi connectivity index (χ0n) is 15.9. The summed E-state index contributed by atoms with van der Waals surface area (Å²) >= 11 is 5.88. The minimum absolute atomic E-state index is 0.106. The molecule has 3 aromatic rings. The number of nitrogens with zero attached hydrogens (tertiary/aromatic N) is 3. The Bertz CT molecular complexity index is 1070. The summed E-state index contributed by atoms with van der Waals surface area (Å²) in [7, 11) is 0. The summed E-state index contributed by atoms with van der Waals surface area (Å²) in [6.07, 6.45) is -0.425. The lowest BCUT2D eigenvalue weighted by Gasteiger charge is -2.23. The highest BCUT2D eigenvalue weighted by Gasteiger charge is 2.36. The lowest BCUT2D eigenvalue weighted by molar-refractivity contribution is -0.385. The molecule has 3 N–H and O–H groups in total. The molecule has 1 saturated heterocycles. The van der Waals surface area contributed by atoms with Crippen LogP contribution in [-0.4, -0.2) is 49.5 Å². The van der Waals surface area contributed by atoms with E-state index in [1.165, 1.54) is 6.07 Å². The molecule has 1 fully saturated rings. The van der Waals surface area contributed by atoms with Gasteiger partial charge in [0.15, 0.2) is 0 Å². The van der Waals surface area contributed by atoms with Gasteiger partial charge in [-0.2, -0.15) is 0 Å². The van der Waals surface area contributed by atoms with Gasteiger partial charge in [0.25, 0.3) is 5.69 Å². The van der Waals surface area contributed by atoms with Crippen molar-refractivity contribution in [3.63, 3.8) is 0 Å². The van der Waals surface area contributed by atoms with Crippen LogP contribution in [0.1, 0.15) is 17.8 Å². The second-order valence-electron chi connectivity index (χ2n) is 7.28. The third kappa shape index (κ3) is 4.28. The Labute approximate surface area is 176 Å². The topological polar surface area (TPSA) is 124 Å². The second-order valence-corrected chi connectivity index (χ2v) is 7.72. The average molecular weight is 430 g/mol. The van der Waals surface area contributed by atoms with Crippen LogP contribution in [0.25, 0.3) is 11.0 Å². The number of benzene rings is 2. The van der Waals surface area contributed by atoms with Crippen molar-refractivity contribution in [3.05, 3.63) is 69.0 Å². The fourth-order valence-corrected chi connectivity index (χ4v) is 3.93. The lowest BCUT2D eigenvalue weighted by Crippen LogP contribution is -2.42. The number of amides is 1. The van der Waals surface area contributed by atoms with Gasteiger partial charge in [-0.1, -0.05) is 23.7 Å². The van der Waals surface area contributed by atoms with Gasteiger partial charge in [-0.3, -0.25) is 19.8 Å². The van der Waals surface area contributed by atoms with Crippen molar-refractivity contribution in [2.45, 2.75) is 31.7 Å². The van der Waals surface area contributed by atoms with E-state index in [1.807, 2.05) is 24.3 Å². The number of H-pyrrole nitrogens is 1. The number of imidazole rings is 1. The summed E-state index contributed by atoms with van der Waals surface area (Å²) in [6.45, 7) is 0.630. The van der Waals surface area contributed by atoms with Crippen LogP contribution in [0.5, 0.6) is 0 Å². The van der Waals surface area contributed by atoms with E-state index in [9.17, 15) is 20.0 Å². The molecule has 0 spiro atoms. The van der Waals surface area contributed by atoms with Crippen molar-refractivity contribution in [2.75, 3.05) is 6.54 Å². The first-order valence-corrected chi connectivity index (χ1v) is 9.85. The van der Waals surface area contributed by atoms with Crippen LogP contribution in [-0.2, 0) is 17.9 Å². The minimum atomic E-state index is -0.682. The molecule has 1 unspecified atom stereocenters. The molecule has 2 aromatic carbocycles. The fraction of sp³-hybridized carbons (Fsp3) is 0.300. The zero-order valence-corrected chi connectivity index (χ0v) is 16.7. The predicted octanol–water partition coefficient (Wildman–Crippen LogP) is 2.38. The van der Waals surface area contributed by atoms with Crippen molar-refractivity contribution in [1.29, 1.82) is 0 Å². The smallest absolute Gasteiger partial charge is 0.275 e. The Balaban J connectivity index is 1.46. The van der Waals surface area contributed by atoms with Crippen molar-refractivity contribution in [1.82, 2.24) is 20.2 Å². The van der Waals surface area contributed by atoms with Crippen molar-refractivity contribution >= 4 is 34.2 Å². The van der Waals surface area contributed by atoms with Gasteiger partial charge in [-0.25, -0.2) is 4.98 Å². The Morgan fingerprint density at radius 3 is 2.93 bits per heavy atom. The van der Waals surface area contributed by atoms with E-state index in [4.69, 9.17) is 11.6 Å². The highest BCUT2D eigenvalue weighted by Crippen LogP contribution is 2.28. The molecular weight excluding hydrogens is 410 g/mol. The number of likely N-dealkylation sites (tertiary alicyclic amines) is 1. The van der Waals surface area contributed by atoms with E-state index >= 15 is 0 Å². The molecule has 0 radical (unpaired) electrons. The van der Waals surface area contributed by atoms with Gasteiger partial charge in [-0.05, 0) is 30.7 Å². The Morgan fingerprint density at radius 1 is 1.37 bits per heavy atom. The number of carbonyl (C=O) groups excluding carboxylic acids is 1. The van der Waals surface area contributed by atoms with E-state index in [-0.39, 0.29) is 42.7 Å². The molecule has 0 aliphatic carbocycles. The van der Waals surface area contributed by atoms with Gasteiger partial charge in [-0.15, -0.1) is 0 Å². The van der Waals surface area contributed by atoms with Gasteiger partial charge in [0.1, 0.15) is 5.82 Å². The quantitative estimate of drug-likeness (QED) is 0.408. The molecule has 156 valence electrons. The molecule has 4 rings (SSSR count). The van der Waals surface area contributed by atoms with Crippen LogP contribution in [0.15, 0.2) is 42.5 Å². The monoisotopic (exact) mass is 429 g/mol. The van der Waals surface area contributed by atoms with E-state index in [0.717, 1.165) is 11.0 Å². The average Bonchev–Trinajstić information content (AvgIpc) is 3.30. The maximum absolute atomic E-state index is 12.8. The highest BCUT2D eigenvalue weighted by atomic mass is 35.5. The predicted molar refractivity (Wildman–Crippen MR) is 111 cm³/mol. The standard InChI is InChI=1S/C20H20ClN5O4/c21-13-6-5-12(17(7-13)26(29)30)10-25-11-14(27)8-18(25)20(28)22-9-19-23-15-3-1-2-4-16(15)24-19/h1-7,14,18,27H,8-11H2,(H,22,28)(H,23,24)/t14?,18-/m0/s1. The molecule has 0 saturated carbocycles. The SMILES string of the molecule is O=C(NCc1nc2ccccc2[nH]1)[C@@H]1CC(O)CN1Cc1ccc(Cl)cc1[N+](=O)[O-]. The first-order chi connectivity index (χ1) is 14.4. The van der Waals surface area contributed by atoms with Crippen LogP contribution < -0.4 is 5.32 Å². The van der Waals surface area contributed by atoms with E-state index in [1.54, 1.807) is 17.0 Å². The number of rotatable bonds is 6. The van der Waals surface area contributed by atoms with Crippen LogP contribution in [0.3, 0.4) is 0 Å². The van der Waals surface area contributed by atoms with Crippen LogP contribution >= 0.6 is 11.6 Å². The van der Waals surface area contributed by atoms with Gasteiger partial charge in [0.05, 0.1) is 34.6 Å². The van der Waals surface area contributed by atoms with Gasteiger partial charge >= 0.3 is 0 Å². The van der Waals surface area contributed by atoms with E-state index in [2.05, 4.69) is 15.3 Å². The summed E-state index contributed by atoms with van der Waals surface area (Å²) in [5.74, 6) is 0.367. The molecule has 9 nitrogen and oxygen atoms in total. The third-order valence-electron chi connectivity index (χ3n) is 5.17. The number of hydrogen-bond acceptors (Lipinski definition) is 6. The van der Waals surface area contributed by atoms with E-state index in [0.29, 0.717) is 11.4 Å². The van der Waals surface area contributed by atoms with Crippen LogP contribution in [0.2, 0.25) is 5.02 Å². The maximum atomic E-state index is 12.8. The molecule has 2 atom stereocenters. The number of para-hydroxylation sites is 2. The Morgan fingerprint density at radius 2 is 2.17 bits per heavy atom. The molecule has 1 aromatic heterocycles. The molecule has 0 bridgehead atoms. The van der Waals surface area contributed by atoms with Gasteiger partial charge < -0.3 is 15.4 Å². The number of fused-ring (bicyclic) bond motifs is 1. The number of hydrogen-bond donors (Lipinski definition) is 3. The summed E-state index contributed by atoms with van der Waals surface area (Å²) < 4.78 is 0. The largest absolute Gasteiger partial charge is 0.392 e. The van der Waals surface area contributed by atoms with Gasteiger partial charge in [0, 0.05) is 29.7 Å². The second kappa shape index (κ2) is 8.39. The summed E-state index contributed by atoms with van der Waals surface area (Å²) in [4.78, 5) is 33.0. The van der Waals surface area contributed by atoms with Crippen molar-refractivity contribution < 1.29 is 14.8 Å². The van der Waals surface area contributed by atoms with E-state index < -0.39 is 17.1 Å². The number of β-amino-alcohol motifs (C(OH)–C–C–N with tert-alkyl or cyclic N) is 1. The maximum Gasteiger partial charge on any atom is 0.275 e. The zero-order chi connectivity index (χ0) is 21.3. The number of aliphatic hydroxyl groups is 1. The highest BCUT2D eigenvalue weighted by molar-refractivity contribution is 6.30. The number of aromatic amines is 1. The number of carbonyl (C=O) groups is 1. The minimum Gasteiger partial charge on any atom is -0.392 e. The molecule has 30 heavy (non-hydrogen) atoms.